The van der Waals surface area contributed by atoms with Crippen LogP contribution in [-0.2, 0) is 0 Å². The zero-order valence-electron chi connectivity index (χ0n) is 21.3. The lowest BCUT2D eigenvalue weighted by Crippen LogP contribution is -2.44. The Bertz CT molecular complexity index is 309. The van der Waals surface area contributed by atoms with Crippen molar-refractivity contribution in [3.8, 4) is 0 Å². The first-order valence-corrected chi connectivity index (χ1v) is 12.9. The highest BCUT2D eigenvalue weighted by atomic mass is 15.6. The number of hydrogen-bond donors (Lipinski definition) is 2. The molecule has 0 saturated carbocycles. The van der Waals surface area contributed by atoms with Crippen molar-refractivity contribution in [3.63, 3.8) is 0 Å². The zero-order chi connectivity index (χ0) is 22.0. The summed E-state index contributed by atoms with van der Waals surface area (Å²) >= 11 is 0. The highest BCUT2D eigenvalue weighted by Gasteiger charge is 2.09. The zero-order valence-corrected chi connectivity index (χ0v) is 21.3. The number of unbranched alkanes of at least 4 members (excludes halogenated alkanes) is 12. The molecule has 0 radical (unpaired) electrons. The van der Waals surface area contributed by atoms with E-state index in [1.54, 1.807) is 0 Å². The van der Waals surface area contributed by atoms with Crippen LogP contribution in [0, 0.1) is 10.8 Å². The van der Waals surface area contributed by atoms with E-state index in [0.29, 0.717) is 10.8 Å². The molecule has 0 aliphatic carbocycles. The van der Waals surface area contributed by atoms with E-state index in [4.69, 9.17) is 5.84 Å². The lowest BCUT2D eigenvalue weighted by atomic mass is 9.89. The van der Waals surface area contributed by atoms with Crippen LogP contribution in [0.2, 0.25) is 0 Å². The molecule has 0 spiro atoms. The van der Waals surface area contributed by atoms with E-state index < -0.39 is 0 Å². The standard InChI is InChI=1S/C26H57N3/c1-25(2,3)21-17-13-9-7-11-15-19-23-29(28-27)24-20-16-12-8-10-14-18-22-26(4,5)6/h28H,7-24,27H2,1-6H3. The molecule has 0 aromatic carbocycles. The van der Waals surface area contributed by atoms with E-state index in [1.165, 1.54) is 103 Å². The van der Waals surface area contributed by atoms with Crippen LogP contribution in [0.25, 0.3) is 0 Å². The van der Waals surface area contributed by atoms with Crippen LogP contribution in [0.3, 0.4) is 0 Å². The molecule has 0 atom stereocenters. The molecule has 0 unspecified atom stereocenters. The van der Waals surface area contributed by atoms with Gasteiger partial charge in [-0.15, -0.1) is 0 Å². The Morgan fingerprint density at radius 1 is 0.483 bits per heavy atom. The molecule has 3 N–H and O–H groups in total. The maximum absolute atomic E-state index is 5.71. The molecule has 0 rings (SSSR count). The summed E-state index contributed by atoms with van der Waals surface area (Å²) in [5.74, 6) is 5.71. The molecule has 0 aromatic heterocycles. The van der Waals surface area contributed by atoms with Crippen molar-refractivity contribution < 1.29 is 0 Å². The molecule has 0 aliphatic heterocycles. The summed E-state index contributed by atoms with van der Waals surface area (Å²) in [5.41, 5.74) is 3.91. The molecule has 3 nitrogen and oxygen atoms in total. The number of nitrogens with zero attached hydrogens (tertiary/aromatic N) is 1. The minimum absolute atomic E-state index is 0.505. The highest BCUT2D eigenvalue weighted by molar-refractivity contribution is 4.62. The van der Waals surface area contributed by atoms with Gasteiger partial charge in [0.1, 0.15) is 0 Å². The Morgan fingerprint density at radius 3 is 1.03 bits per heavy atom. The molecule has 0 fully saturated rings. The maximum atomic E-state index is 5.71. The van der Waals surface area contributed by atoms with Crippen molar-refractivity contribution in [2.24, 2.45) is 16.7 Å². The average molecular weight is 412 g/mol. The van der Waals surface area contributed by atoms with Gasteiger partial charge in [-0.2, -0.15) is 5.53 Å². The molecular weight excluding hydrogens is 354 g/mol. The molecule has 29 heavy (non-hydrogen) atoms. The van der Waals surface area contributed by atoms with Crippen molar-refractivity contribution in [2.45, 2.75) is 144 Å². The second-order valence-electron chi connectivity index (χ2n) is 11.7. The van der Waals surface area contributed by atoms with Crippen LogP contribution < -0.4 is 11.4 Å². The molecule has 3 heteroatoms. The topological polar surface area (TPSA) is 41.3 Å². The SMILES string of the molecule is CC(C)(C)CCCCCCCCCN(CCCCCCCCCC(C)(C)C)NN. The van der Waals surface area contributed by atoms with Gasteiger partial charge in [0.2, 0.25) is 0 Å². The lowest BCUT2D eigenvalue weighted by molar-refractivity contribution is 0.181. The normalized spacial score (nSPS) is 12.8. The van der Waals surface area contributed by atoms with E-state index in [2.05, 4.69) is 52.1 Å². The predicted octanol–water partition coefficient (Wildman–Crippen LogP) is 8.00. The van der Waals surface area contributed by atoms with E-state index >= 15 is 0 Å². The highest BCUT2D eigenvalue weighted by Crippen LogP contribution is 2.23. The minimum Gasteiger partial charge on any atom is -0.258 e. The van der Waals surface area contributed by atoms with Crippen LogP contribution >= 0.6 is 0 Å². The van der Waals surface area contributed by atoms with Gasteiger partial charge in [0.15, 0.2) is 0 Å². The van der Waals surface area contributed by atoms with Gasteiger partial charge in [-0.05, 0) is 36.5 Å². The van der Waals surface area contributed by atoms with Gasteiger partial charge >= 0.3 is 0 Å². The molecular formula is C26H57N3. The fourth-order valence-corrected chi connectivity index (χ4v) is 3.92. The Morgan fingerprint density at radius 2 is 0.759 bits per heavy atom. The van der Waals surface area contributed by atoms with Crippen molar-refractivity contribution in [2.75, 3.05) is 13.1 Å². The van der Waals surface area contributed by atoms with Gasteiger partial charge in [0, 0.05) is 13.1 Å². The fourth-order valence-electron chi connectivity index (χ4n) is 3.92. The van der Waals surface area contributed by atoms with Crippen molar-refractivity contribution in [3.05, 3.63) is 0 Å². The molecule has 0 saturated heterocycles. The summed E-state index contributed by atoms with van der Waals surface area (Å²) in [4.78, 5) is 0. The minimum atomic E-state index is 0.505. The Kier molecular flexibility index (Phi) is 17.5. The monoisotopic (exact) mass is 411 g/mol. The van der Waals surface area contributed by atoms with Crippen LogP contribution in [0.4, 0.5) is 0 Å². The van der Waals surface area contributed by atoms with Gasteiger partial charge in [0.05, 0.1) is 0 Å². The Hall–Kier alpha value is -0.120. The van der Waals surface area contributed by atoms with Crippen LogP contribution in [0.1, 0.15) is 144 Å². The Labute approximate surface area is 184 Å². The van der Waals surface area contributed by atoms with E-state index in [0.717, 1.165) is 13.1 Å². The van der Waals surface area contributed by atoms with Gasteiger partial charge in [-0.3, -0.25) is 5.84 Å². The third-order valence-corrected chi connectivity index (χ3v) is 5.89. The molecule has 176 valence electrons. The number of nitrogens with one attached hydrogen (secondary N) is 1. The average Bonchev–Trinajstić information content (AvgIpc) is 2.61. The second-order valence-corrected chi connectivity index (χ2v) is 11.7. The van der Waals surface area contributed by atoms with E-state index in [1.807, 2.05) is 0 Å². The number of rotatable bonds is 19. The van der Waals surface area contributed by atoms with Crippen molar-refractivity contribution in [1.29, 1.82) is 0 Å². The molecule has 0 amide bonds. The summed E-state index contributed by atoms with van der Waals surface area (Å²) in [7, 11) is 0. The number of hydrazine groups is 2. The maximum Gasteiger partial charge on any atom is 0.0144 e. The van der Waals surface area contributed by atoms with Crippen LogP contribution in [-0.4, -0.2) is 18.1 Å². The number of nitrogens with two attached hydrogens (primary N) is 1. The quantitative estimate of drug-likeness (QED) is 0.128. The van der Waals surface area contributed by atoms with Crippen molar-refractivity contribution in [1.82, 2.24) is 10.5 Å². The smallest absolute Gasteiger partial charge is 0.0144 e. The van der Waals surface area contributed by atoms with Crippen LogP contribution in [0.5, 0.6) is 0 Å². The Balaban J connectivity index is 3.39. The molecule has 0 aromatic rings. The fraction of sp³-hybridized carbons (Fsp3) is 1.00. The summed E-state index contributed by atoms with van der Waals surface area (Å²) in [5, 5.41) is 2.21. The summed E-state index contributed by atoms with van der Waals surface area (Å²) in [6, 6.07) is 0. The van der Waals surface area contributed by atoms with Gasteiger partial charge in [-0.25, -0.2) is 5.01 Å². The van der Waals surface area contributed by atoms with Gasteiger partial charge in [0.25, 0.3) is 0 Å². The first-order chi connectivity index (χ1) is 13.6. The van der Waals surface area contributed by atoms with Gasteiger partial charge in [-0.1, -0.05) is 119 Å². The third-order valence-electron chi connectivity index (χ3n) is 5.89. The predicted molar refractivity (Wildman–Crippen MR) is 132 cm³/mol. The van der Waals surface area contributed by atoms with E-state index in [-0.39, 0.29) is 0 Å². The lowest BCUT2D eigenvalue weighted by Gasteiger charge is -2.20. The third kappa shape index (κ3) is 24.0. The summed E-state index contributed by atoms with van der Waals surface area (Å²) < 4.78 is 0. The van der Waals surface area contributed by atoms with Gasteiger partial charge < -0.3 is 0 Å². The summed E-state index contributed by atoms with van der Waals surface area (Å²) in [6.07, 6.45) is 21.9. The van der Waals surface area contributed by atoms with Crippen LogP contribution in [0.15, 0.2) is 0 Å². The molecule has 0 aliphatic rings. The van der Waals surface area contributed by atoms with Crippen molar-refractivity contribution >= 4 is 0 Å². The number of hydrogen-bond acceptors (Lipinski definition) is 3. The first-order valence-electron chi connectivity index (χ1n) is 12.9. The second kappa shape index (κ2) is 17.5. The largest absolute Gasteiger partial charge is 0.258 e. The first kappa shape index (κ1) is 28.9. The van der Waals surface area contributed by atoms with E-state index in [9.17, 15) is 0 Å². The molecule has 0 heterocycles. The summed E-state index contributed by atoms with van der Waals surface area (Å²) in [6.45, 7) is 16.3. The molecule has 0 bridgehead atoms.